The van der Waals surface area contributed by atoms with Gasteiger partial charge in [-0.05, 0) is 36.8 Å². The fourth-order valence-corrected chi connectivity index (χ4v) is 3.56. The van der Waals surface area contributed by atoms with Gasteiger partial charge in [-0.25, -0.2) is 8.42 Å². The van der Waals surface area contributed by atoms with Crippen molar-refractivity contribution in [1.82, 2.24) is 5.32 Å². The van der Waals surface area contributed by atoms with Gasteiger partial charge in [0, 0.05) is 25.3 Å². The molecule has 8 nitrogen and oxygen atoms in total. The van der Waals surface area contributed by atoms with Crippen molar-refractivity contribution < 1.29 is 27.4 Å². The van der Waals surface area contributed by atoms with E-state index in [0.29, 0.717) is 30.2 Å². The minimum atomic E-state index is -3.94. The van der Waals surface area contributed by atoms with E-state index in [-0.39, 0.29) is 22.1 Å². The van der Waals surface area contributed by atoms with Crippen LogP contribution in [0.25, 0.3) is 0 Å². The second-order valence-corrected chi connectivity index (χ2v) is 7.58. The first-order valence-electron chi connectivity index (χ1n) is 8.45. The monoisotopic (exact) mass is 408 g/mol. The van der Waals surface area contributed by atoms with Gasteiger partial charge in [-0.15, -0.1) is 0 Å². The maximum Gasteiger partial charge on any atom is 0.262 e. The van der Waals surface area contributed by atoms with Crippen LogP contribution in [0.2, 0.25) is 0 Å². The van der Waals surface area contributed by atoms with E-state index in [1.54, 1.807) is 31.2 Å². The van der Waals surface area contributed by atoms with Crippen LogP contribution >= 0.6 is 0 Å². The van der Waals surface area contributed by atoms with Gasteiger partial charge in [0.1, 0.15) is 11.5 Å². The van der Waals surface area contributed by atoms with Gasteiger partial charge in [-0.3, -0.25) is 9.52 Å². The van der Waals surface area contributed by atoms with Gasteiger partial charge in [-0.2, -0.15) is 0 Å². The number of aryl methyl sites for hydroxylation is 1. The molecule has 0 fully saturated rings. The summed E-state index contributed by atoms with van der Waals surface area (Å²) in [6.45, 7) is 2.43. The molecule has 0 aliphatic heterocycles. The van der Waals surface area contributed by atoms with Gasteiger partial charge in [0.15, 0.2) is 0 Å². The highest BCUT2D eigenvalue weighted by atomic mass is 32.2. The number of anilines is 1. The summed E-state index contributed by atoms with van der Waals surface area (Å²) < 4.78 is 43.4. The van der Waals surface area contributed by atoms with E-state index in [1.807, 2.05) is 0 Å². The number of hydrogen-bond acceptors (Lipinski definition) is 6. The number of amides is 1. The predicted molar refractivity (Wildman–Crippen MR) is 106 cm³/mol. The average Bonchev–Trinajstić information content (AvgIpc) is 2.68. The number of nitrogens with one attached hydrogen (secondary N) is 2. The summed E-state index contributed by atoms with van der Waals surface area (Å²) >= 11 is 0. The van der Waals surface area contributed by atoms with Crippen LogP contribution in [0.3, 0.4) is 0 Å². The maximum atomic E-state index is 12.8. The van der Waals surface area contributed by atoms with Crippen LogP contribution in [-0.4, -0.2) is 48.8 Å². The third-order valence-electron chi connectivity index (χ3n) is 4.01. The molecule has 0 aromatic heterocycles. The molecule has 0 radical (unpaired) electrons. The Morgan fingerprint density at radius 1 is 1.04 bits per heavy atom. The van der Waals surface area contributed by atoms with E-state index in [2.05, 4.69) is 10.0 Å². The largest absolute Gasteiger partial charge is 0.497 e. The standard InChI is InChI=1S/C19H24N2O6S/c1-13-5-7-15(12-16(13)19(22)20-9-10-25-2)28(23,24)21-17-8-6-14(26-3)11-18(17)27-4/h5-8,11-12,21H,9-10H2,1-4H3,(H,20,22). The van der Waals surface area contributed by atoms with Crippen molar-refractivity contribution in [1.29, 1.82) is 0 Å². The van der Waals surface area contributed by atoms with Gasteiger partial charge in [0.2, 0.25) is 0 Å². The van der Waals surface area contributed by atoms with Crippen LogP contribution in [0.5, 0.6) is 11.5 Å². The summed E-state index contributed by atoms with van der Waals surface area (Å²) in [5.74, 6) is 0.478. The number of hydrogen-bond donors (Lipinski definition) is 2. The number of benzene rings is 2. The first-order valence-corrected chi connectivity index (χ1v) is 9.93. The highest BCUT2D eigenvalue weighted by Crippen LogP contribution is 2.31. The number of carbonyl (C=O) groups excluding carboxylic acids is 1. The molecule has 0 unspecified atom stereocenters. The van der Waals surface area contributed by atoms with Crippen molar-refractivity contribution in [2.45, 2.75) is 11.8 Å². The molecule has 0 spiro atoms. The normalized spacial score (nSPS) is 11.0. The summed E-state index contributed by atoms with van der Waals surface area (Å²) in [5.41, 5.74) is 1.20. The molecule has 0 heterocycles. The summed E-state index contributed by atoms with van der Waals surface area (Å²) in [7, 11) is 0.528. The molecule has 2 aromatic rings. The topological polar surface area (TPSA) is 103 Å². The zero-order valence-electron chi connectivity index (χ0n) is 16.2. The molecule has 0 aliphatic carbocycles. The number of rotatable bonds is 9. The molecule has 28 heavy (non-hydrogen) atoms. The van der Waals surface area contributed by atoms with Gasteiger partial charge in [-0.1, -0.05) is 6.07 Å². The third-order valence-corrected chi connectivity index (χ3v) is 5.37. The van der Waals surface area contributed by atoms with Crippen molar-refractivity contribution in [2.75, 3.05) is 39.2 Å². The lowest BCUT2D eigenvalue weighted by molar-refractivity contribution is 0.0936. The summed E-state index contributed by atoms with van der Waals surface area (Å²) in [6.07, 6.45) is 0. The Morgan fingerprint density at radius 3 is 2.43 bits per heavy atom. The molecule has 0 saturated heterocycles. The highest BCUT2D eigenvalue weighted by Gasteiger charge is 2.20. The second-order valence-electron chi connectivity index (χ2n) is 5.90. The predicted octanol–water partition coefficient (Wildman–Crippen LogP) is 2.19. The summed E-state index contributed by atoms with van der Waals surface area (Å²) in [4.78, 5) is 12.3. The quantitative estimate of drug-likeness (QED) is 0.617. The Kier molecular flexibility index (Phi) is 7.24. The van der Waals surface area contributed by atoms with E-state index < -0.39 is 10.0 Å². The highest BCUT2D eigenvalue weighted by molar-refractivity contribution is 7.92. The van der Waals surface area contributed by atoms with Gasteiger partial charge < -0.3 is 19.5 Å². The zero-order valence-corrected chi connectivity index (χ0v) is 17.1. The van der Waals surface area contributed by atoms with Crippen LogP contribution < -0.4 is 19.5 Å². The molecule has 2 rings (SSSR count). The van der Waals surface area contributed by atoms with Gasteiger partial charge >= 0.3 is 0 Å². The minimum Gasteiger partial charge on any atom is -0.497 e. The van der Waals surface area contributed by atoms with Crippen molar-refractivity contribution >= 4 is 21.6 Å². The summed E-state index contributed by atoms with van der Waals surface area (Å²) in [5, 5.41) is 2.69. The first-order chi connectivity index (χ1) is 13.3. The Labute approximate surface area is 164 Å². The second kappa shape index (κ2) is 9.43. The van der Waals surface area contributed by atoms with E-state index >= 15 is 0 Å². The van der Waals surface area contributed by atoms with Gasteiger partial charge in [0.25, 0.3) is 15.9 Å². The van der Waals surface area contributed by atoms with E-state index in [4.69, 9.17) is 14.2 Å². The number of carbonyl (C=O) groups is 1. The molecule has 2 aromatic carbocycles. The van der Waals surface area contributed by atoms with Crippen LogP contribution in [-0.2, 0) is 14.8 Å². The van der Waals surface area contributed by atoms with Crippen LogP contribution in [0.1, 0.15) is 15.9 Å². The van der Waals surface area contributed by atoms with Crippen molar-refractivity contribution in [3.8, 4) is 11.5 Å². The Balaban J connectivity index is 2.31. The minimum absolute atomic E-state index is 0.0344. The van der Waals surface area contributed by atoms with E-state index in [1.165, 1.54) is 33.5 Å². The molecule has 152 valence electrons. The molecular weight excluding hydrogens is 384 g/mol. The Bertz CT molecular complexity index is 943. The summed E-state index contributed by atoms with van der Waals surface area (Å²) in [6, 6.07) is 9.11. The fourth-order valence-electron chi connectivity index (χ4n) is 2.46. The number of sulfonamides is 1. The van der Waals surface area contributed by atoms with Gasteiger partial charge in [0.05, 0.1) is 31.4 Å². The fraction of sp³-hybridized carbons (Fsp3) is 0.316. The Hall–Kier alpha value is -2.78. The SMILES string of the molecule is COCCNC(=O)c1cc(S(=O)(=O)Nc2ccc(OC)cc2OC)ccc1C. The van der Waals surface area contributed by atoms with Crippen molar-refractivity contribution in [3.63, 3.8) is 0 Å². The molecule has 2 N–H and O–H groups in total. The number of methoxy groups -OCH3 is 3. The zero-order chi connectivity index (χ0) is 20.7. The average molecular weight is 408 g/mol. The smallest absolute Gasteiger partial charge is 0.262 e. The lowest BCUT2D eigenvalue weighted by Gasteiger charge is -2.14. The lowest BCUT2D eigenvalue weighted by Crippen LogP contribution is -2.28. The molecule has 0 bridgehead atoms. The maximum absolute atomic E-state index is 12.8. The van der Waals surface area contributed by atoms with E-state index in [9.17, 15) is 13.2 Å². The lowest BCUT2D eigenvalue weighted by atomic mass is 10.1. The number of ether oxygens (including phenoxy) is 3. The molecule has 0 atom stereocenters. The van der Waals surface area contributed by atoms with Crippen molar-refractivity contribution in [3.05, 3.63) is 47.5 Å². The molecular formula is C19H24N2O6S. The molecule has 0 saturated carbocycles. The van der Waals surface area contributed by atoms with Crippen LogP contribution in [0, 0.1) is 6.92 Å². The van der Waals surface area contributed by atoms with Crippen LogP contribution in [0.4, 0.5) is 5.69 Å². The third kappa shape index (κ3) is 5.14. The first kappa shape index (κ1) is 21.5. The van der Waals surface area contributed by atoms with Crippen molar-refractivity contribution in [2.24, 2.45) is 0 Å². The van der Waals surface area contributed by atoms with E-state index in [0.717, 1.165) is 0 Å². The Morgan fingerprint density at radius 2 is 1.79 bits per heavy atom. The molecule has 9 heteroatoms. The van der Waals surface area contributed by atoms with Crippen LogP contribution in [0.15, 0.2) is 41.3 Å². The molecule has 0 aliphatic rings. The molecule has 1 amide bonds.